The molecule has 0 saturated carbocycles. The van der Waals surface area contributed by atoms with Gasteiger partial charge in [-0.05, 0) is 24.8 Å². The second kappa shape index (κ2) is 12.7. The number of allylic oxidation sites excluding steroid dienone is 2. The summed E-state index contributed by atoms with van der Waals surface area (Å²) in [6.07, 6.45) is 2.90. The van der Waals surface area contributed by atoms with Gasteiger partial charge in [-0.3, -0.25) is 9.59 Å². The van der Waals surface area contributed by atoms with E-state index < -0.39 is 8.07 Å². The van der Waals surface area contributed by atoms with Crippen molar-refractivity contribution in [3.05, 3.63) is 77.9 Å². The number of benzene rings is 2. The van der Waals surface area contributed by atoms with E-state index in [4.69, 9.17) is 9.47 Å². The van der Waals surface area contributed by atoms with Gasteiger partial charge < -0.3 is 9.47 Å². The molecular weight excluding hydrogens is 440 g/mol. The number of rotatable bonds is 11. The topological polar surface area (TPSA) is 52.6 Å². The van der Waals surface area contributed by atoms with Crippen LogP contribution in [0.1, 0.15) is 52.1 Å². The first-order valence-corrected chi connectivity index (χ1v) is 15.2. The minimum atomic E-state index is -1.88. The predicted octanol–water partition coefficient (Wildman–Crippen LogP) is 6.03. The Kier molecular flexibility index (Phi) is 10.3. The zero-order valence-electron chi connectivity index (χ0n) is 21.7. The van der Waals surface area contributed by atoms with Gasteiger partial charge in [0.1, 0.15) is 6.10 Å². The normalized spacial score (nSPS) is 15.7. The Hall–Kier alpha value is -2.66. The van der Waals surface area contributed by atoms with E-state index in [1.54, 1.807) is 0 Å². The monoisotopic (exact) mass is 480 g/mol. The van der Waals surface area contributed by atoms with Crippen LogP contribution in [0.5, 0.6) is 0 Å². The first-order valence-electron chi connectivity index (χ1n) is 12.1. The van der Waals surface area contributed by atoms with Crippen molar-refractivity contribution in [2.75, 3.05) is 6.61 Å². The summed E-state index contributed by atoms with van der Waals surface area (Å²) in [5.41, 5.74) is 2.92. The first kappa shape index (κ1) is 27.6. The van der Waals surface area contributed by atoms with E-state index in [0.717, 1.165) is 6.42 Å². The zero-order chi connectivity index (χ0) is 25.3. The van der Waals surface area contributed by atoms with Crippen molar-refractivity contribution in [1.82, 2.24) is 0 Å². The molecule has 0 bridgehead atoms. The lowest BCUT2D eigenvalue weighted by Gasteiger charge is -2.33. The van der Waals surface area contributed by atoms with Crippen molar-refractivity contribution in [2.24, 2.45) is 11.8 Å². The Balaban J connectivity index is 2.32. The van der Waals surface area contributed by atoms with Crippen molar-refractivity contribution in [3.63, 3.8) is 0 Å². The lowest BCUT2D eigenvalue weighted by molar-refractivity contribution is -0.155. The van der Waals surface area contributed by atoms with Crippen LogP contribution in [0.3, 0.4) is 0 Å². The molecule has 34 heavy (non-hydrogen) atoms. The van der Waals surface area contributed by atoms with E-state index >= 15 is 0 Å². The van der Waals surface area contributed by atoms with E-state index in [9.17, 15) is 9.59 Å². The van der Waals surface area contributed by atoms with Gasteiger partial charge >= 0.3 is 11.9 Å². The van der Waals surface area contributed by atoms with Gasteiger partial charge in [0.2, 0.25) is 0 Å². The fourth-order valence-corrected chi connectivity index (χ4v) is 7.87. The lowest BCUT2D eigenvalue weighted by atomic mass is 9.88. The molecule has 0 aliphatic rings. The molecule has 0 heterocycles. The molecule has 0 radical (unpaired) electrons. The smallest absolute Gasteiger partial charge is 0.302 e. The van der Waals surface area contributed by atoms with E-state index in [1.165, 1.54) is 30.2 Å². The Labute approximate surface area is 206 Å². The van der Waals surface area contributed by atoms with Crippen LogP contribution in [-0.2, 0) is 19.1 Å². The Morgan fingerprint density at radius 2 is 1.41 bits per heavy atom. The SMILES string of the molecule is CC(=O)OC[C@H](C)[C@@H](OC(C)=O)[C@@H](C)C/C(C)=C/C(c1ccccc1)[Si](C)(C)c1ccccc1. The average Bonchev–Trinajstić information content (AvgIpc) is 2.80. The van der Waals surface area contributed by atoms with Crippen LogP contribution in [0.2, 0.25) is 13.1 Å². The summed E-state index contributed by atoms with van der Waals surface area (Å²) >= 11 is 0. The quantitative estimate of drug-likeness (QED) is 0.224. The molecular formula is C29H40O4Si. The Morgan fingerprint density at radius 1 is 0.853 bits per heavy atom. The average molecular weight is 481 g/mol. The van der Waals surface area contributed by atoms with Crippen LogP contribution >= 0.6 is 0 Å². The van der Waals surface area contributed by atoms with E-state index in [2.05, 4.69) is 93.7 Å². The number of carbonyl (C=O) groups is 2. The highest BCUT2D eigenvalue weighted by atomic mass is 28.3. The van der Waals surface area contributed by atoms with Crippen LogP contribution in [0.15, 0.2) is 72.3 Å². The van der Waals surface area contributed by atoms with E-state index in [0.29, 0.717) is 5.54 Å². The van der Waals surface area contributed by atoms with Gasteiger partial charge in [-0.25, -0.2) is 0 Å². The van der Waals surface area contributed by atoms with Crippen LogP contribution in [0, 0.1) is 11.8 Å². The summed E-state index contributed by atoms with van der Waals surface area (Å²) < 4.78 is 10.9. The van der Waals surface area contributed by atoms with Gasteiger partial charge in [-0.2, -0.15) is 0 Å². The number of esters is 2. The van der Waals surface area contributed by atoms with Crippen molar-refractivity contribution in [1.29, 1.82) is 0 Å². The summed E-state index contributed by atoms with van der Waals surface area (Å²) in [6, 6.07) is 21.5. The third-order valence-electron chi connectivity index (χ3n) is 6.52. The molecule has 2 aromatic rings. The number of carbonyl (C=O) groups excluding carboxylic acids is 2. The minimum absolute atomic E-state index is 0.0867. The lowest BCUT2D eigenvalue weighted by Crippen LogP contribution is -2.47. The molecule has 4 atom stereocenters. The van der Waals surface area contributed by atoms with Crippen molar-refractivity contribution in [2.45, 2.75) is 65.8 Å². The summed E-state index contributed by atoms with van der Waals surface area (Å²) in [5, 5.41) is 1.42. The van der Waals surface area contributed by atoms with Crippen molar-refractivity contribution in [3.8, 4) is 0 Å². The van der Waals surface area contributed by atoms with Crippen LogP contribution in [0.4, 0.5) is 0 Å². The molecule has 0 N–H and O–H groups in total. The third-order valence-corrected chi connectivity index (χ3v) is 10.4. The zero-order valence-corrected chi connectivity index (χ0v) is 22.7. The number of hydrogen-bond donors (Lipinski definition) is 0. The van der Waals surface area contributed by atoms with Gasteiger partial charge in [0.05, 0.1) is 14.7 Å². The standard InChI is InChI=1S/C29H40O4Si/c1-21(18-22(2)29(33-25(5)31)23(3)20-32-24(4)30)19-28(26-14-10-8-11-15-26)34(6,7)27-16-12-9-13-17-27/h8-17,19,22-23,28-29H,18,20H2,1-7H3/b21-19+/t22-,23-,28?,29-/m0/s1. The number of ether oxygens (including phenoxy) is 2. The van der Waals surface area contributed by atoms with E-state index in [1.807, 2.05) is 6.92 Å². The Bertz CT molecular complexity index is 953. The molecule has 2 rings (SSSR count). The van der Waals surface area contributed by atoms with Crippen LogP contribution in [0.25, 0.3) is 0 Å². The minimum Gasteiger partial charge on any atom is -0.465 e. The van der Waals surface area contributed by atoms with Gasteiger partial charge in [-0.1, -0.05) is 104 Å². The fourth-order valence-electron chi connectivity index (χ4n) is 4.73. The molecule has 0 aliphatic carbocycles. The summed E-state index contributed by atoms with van der Waals surface area (Å²) in [5.74, 6) is -0.636. The molecule has 184 valence electrons. The molecule has 2 aromatic carbocycles. The van der Waals surface area contributed by atoms with Gasteiger partial charge in [0, 0.05) is 25.3 Å². The highest BCUT2D eigenvalue weighted by Gasteiger charge is 2.34. The van der Waals surface area contributed by atoms with Crippen LogP contribution in [-0.4, -0.2) is 32.7 Å². The fraction of sp³-hybridized carbons (Fsp3) is 0.448. The van der Waals surface area contributed by atoms with Gasteiger partial charge in [0.25, 0.3) is 0 Å². The van der Waals surface area contributed by atoms with Crippen molar-refractivity contribution >= 4 is 25.2 Å². The molecule has 0 saturated heterocycles. The predicted molar refractivity (Wildman–Crippen MR) is 142 cm³/mol. The first-order chi connectivity index (χ1) is 16.0. The largest absolute Gasteiger partial charge is 0.465 e. The highest BCUT2D eigenvalue weighted by molar-refractivity contribution is 6.91. The summed E-state index contributed by atoms with van der Waals surface area (Å²) in [6.45, 7) is 14.2. The maximum absolute atomic E-state index is 11.8. The molecule has 1 unspecified atom stereocenters. The summed E-state index contributed by atoms with van der Waals surface area (Å²) in [4.78, 5) is 23.1. The molecule has 5 heteroatoms. The molecule has 4 nitrogen and oxygen atoms in total. The molecule has 0 amide bonds. The second-order valence-electron chi connectivity index (χ2n) is 10.0. The third kappa shape index (κ3) is 7.98. The molecule has 0 spiro atoms. The number of hydrogen-bond acceptors (Lipinski definition) is 4. The van der Waals surface area contributed by atoms with Crippen molar-refractivity contribution < 1.29 is 19.1 Å². The van der Waals surface area contributed by atoms with Gasteiger partial charge in [-0.15, -0.1) is 0 Å². The second-order valence-corrected chi connectivity index (χ2v) is 14.7. The van der Waals surface area contributed by atoms with Crippen LogP contribution < -0.4 is 5.19 Å². The maximum Gasteiger partial charge on any atom is 0.302 e. The molecule has 0 fully saturated rings. The van der Waals surface area contributed by atoms with E-state index in [-0.39, 0.29) is 36.5 Å². The Morgan fingerprint density at radius 3 is 1.94 bits per heavy atom. The van der Waals surface area contributed by atoms with Gasteiger partial charge in [0.15, 0.2) is 0 Å². The summed E-state index contributed by atoms with van der Waals surface area (Å²) in [7, 11) is -1.88. The molecule has 0 aromatic heterocycles. The molecule has 0 aliphatic heterocycles. The highest BCUT2D eigenvalue weighted by Crippen LogP contribution is 2.32. The maximum atomic E-state index is 11.8.